The van der Waals surface area contributed by atoms with Crippen molar-refractivity contribution >= 4 is 17.7 Å². The molecule has 2 N–H and O–H groups in total. The van der Waals surface area contributed by atoms with Gasteiger partial charge in [0.2, 0.25) is 5.76 Å². The number of carbonyl (C=O) groups is 1. The van der Waals surface area contributed by atoms with Gasteiger partial charge in [-0.1, -0.05) is 17.8 Å². The van der Waals surface area contributed by atoms with E-state index in [1.807, 2.05) is 17.0 Å². The Balaban J connectivity index is 1.85. The van der Waals surface area contributed by atoms with Crippen LogP contribution in [0.2, 0.25) is 0 Å². The van der Waals surface area contributed by atoms with Crippen molar-refractivity contribution in [2.24, 2.45) is 0 Å². The molecule has 0 saturated carbocycles. The molecule has 0 aliphatic carbocycles. The van der Waals surface area contributed by atoms with Gasteiger partial charge in [0.15, 0.2) is 11.8 Å². The highest BCUT2D eigenvalue weighted by Gasteiger charge is 2.58. The van der Waals surface area contributed by atoms with Crippen LogP contribution < -0.4 is 0 Å². The molecule has 4 heterocycles. The first-order chi connectivity index (χ1) is 9.50. The van der Waals surface area contributed by atoms with Crippen molar-refractivity contribution in [1.29, 1.82) is 0 Å². The lowest BCUT2D eigenvalue weighted by atomic mass is 10.1. The van der Waals surface area contributed by atoms with E-state index in [0.717, 1.165) is 11.3 Å². The SMILES string of the molecule is CC1(O)C2OC(=O)C(O)=C2SC2c3ncccc3CN21. The summed E-state index contributed by atoms with van der Waals surface area (Å²) < 4.78 is 5.10. The number of thioether (sulfide) groups is 1. The zero-order chi connectivity index (χ0) is 14.1. The monoisotopic (exact) mass is 292 g/mol. The Morgan fingerprint density at radius 2 is 2.40 bits per heavy atom. The van der Waals surface area contributed by atoms with Gasteiger partial charge in [0.1, 0.15) is 5.37 Å². The van der Waals surface area contributed by atoms with Crippen molar-refractivity contribution in [3.63, 3.8) is 0 Å². The summed E-state index contributed by atoms with van der Waals surface area (Å²) >= 11 is 1.32. The van der Waals surface area contributed by atoms with Crippen molar-refractivity contribution in [3.8, 4) is 0 Å². The van der Waals surface area contributed by atoms with Gasteiger partial charge in [-0.05, 0) is 18.6 Å². The van der Waals surface area contributed by atoms with Crippen LogP contribution in [-0.2, 0) is 16.1 Å². The summed E-state index contributed by atoms with van der Waals surface area (Å²) in [6.07, 6.45) is 0.861. The molecule has 3 aliphatic heterocycles. The van der Waals surface area contributed by atoms with Crippen molar-refractivity contribution in [1.82, 2.24) is 9.88 Å². The lowest BCUT2D eigenvalue weighted by Crippen LogP contribution is -2.56. The number of ether oxygens (including phenoxy) is 1. The molecule has 0 radical (unpaired) electrons. The molecule has 4 rings (SSSR count). The van der Waals surface area contributed by atoms with E-state index < -0.39 is 23.6 Å². The molecule has 0 spiro atoms. The Labute approximate surface area is 119 Å². The number of pyridine rings is 1. The van der Waals surface area contributed by atoms with Gasteiger partial charge in [-0.3, -0.25) is 9.88 Å². The van der Waals surface area contributed by atoms with Crippen LogP contribution in [0, 0.1) is 0 Å². The average molecular weight is 292 g/mol. The molecule has 0 bridgehead atoms. The predicted octanol–water partition coefficient (Wildman–Crippen LogP) is 1.05. The van der Waals surface area contributed by atoms with E-state index in [4.69, 9.17) is 4.74 Å². The number of hydrogen-bond donors (Lipinski definition) is 2. The fraction of sp³-hybridized carbons (Fsp3) is 0.385. The molecule has 3 aliphatic rings. The number of carbonyl (C=O) groups excluding carboxylic acids is 1. The number of aromatic nitrogens is 1. The van der Waals surface area contributed by atoms with Crippen molar-refractivity contribution in [2.45, 2.75) is 30.7 Å². The van der Waals surface area contributed by atoms with Crippen LogP contribution >= 0.6 is 11.8 Å². The third-order valence-electron chi connectivity index (χ3n) is 3.99. The van der Waals surface area contributed by atoms with Crippen LogP contribution in [-0.4, -0.2) is 37.9 Å². The molecule has 1 aromatic rings. The third kappa shape index (κ3) is 1.37. The van der Waals surface area contributed by atoms with Crippen LogP contribution in [0.25, 0.3) is 0 Å². The second kappa shape index (κ2) is 3.75. The first-order valence-electron chi connectivity index (χ1n) is 6.24. The van der Waals surface area contributed by atoms with E-state index in [1.54, 1.807) is 13.1 Å². The maximum Gasteiger partial charge on any atom is 0.375 e. The summed E-state index contributed by atoms with van der Waals surface area (Å²) in [4.78, 5) is 18.1. The summed E-state index contributed by atoms with van der Waals surface area (Å²) in [6, 6.07) is 3.82. The zero-order valence-electron chi connectivity index (χ0n) is 10.6. The van der Waals surface area contributed by atoms with Crippen LogP contribution in [0.1, 0.15) is 23.6 Å². The Morgan fingerprint density at radius 3 is 3.20 bits per heavy atom. The second-order valence-electron chi connectivity index (χ2n) is 5.24. The molecule has 6 nitrogen and oxygen atoms in total. The number of esters is 1. The first kappa shape index (κ1) is 12.2. The highest BCUT2D eigenvalue weighted by Crippen LogP contribution is 2.56. The zero-order valence-corrected chi connectivity index (χ0v) is 11.4. The van der Waals surface area contributed by atoms with Crippen molar-refractivity contribution in [3.05, 3.63) is 40.3 Å². The molecule has 1 aromatic heterocycles. The smallest absolute Gasteiger partial charge is 0.375 e. The molecule has 0 aromatic carbocycles. The van der Waals surface area contributed by atoms with E-state index in [1.165, 1.54) is 11.8 Å². The number of hydrogen-bond acceptors (Lipinski definition) is 7. The van der Waals surface area contributed by atoms with E-state index in [9.17, 15) is 15.0 Å². The lowest BCUT2D eigenvalue weighted by Gasteiger charge is -2.45. The first-order valence-corrected chi connectivity index (χ1v) is 7.12. The van der Waals surface area contributed by atoms with Gasteiger partial charge in [0.25, 0.3) is 0 Å². The fourth-order valence-corrected chi connectivity index (χ4v) is 4.50. The molecule has 0 amide bonds. The number of fused-ring (bicyclic) bond motifs is 4. The maximum atomic E-state index is 11.5. The Morgan fingerprint density at radius 1 is 1.60 bits per heavy atom. The molecule has 1 fully saturated rings. The predicted molar refractivity (Wildman–Crippen MR) is 70.3 cm³/mol. The van der Waals surface area contributed by atoms with Gasteiger partial charge in [0, 0.05) is 12.7 Å². The van der Waals surface area contributed by atoms with E-state index >= 15 is 0 Å². The molecule has 1 saturated heterocycles. The Hall–Kier alpha value is -1.57. The summed E-state index contributed by atoms with van der Waals surface area (Å²) in [5, 5.41) is 20.4. The highest BCUT2D eigenvalue weighted by molar-refractivity contribution is 8.03. The van der Waals surface area contributed by atoms with Gasteiger partial charge in [-0.15, -0.1) is 0 Å². The lowest BCUT2D eigenvalue weighted by molar-refractivity contribution is -0.183. The van der Waals surface area contributed by atoms with Crippen LogP contribution in [0.3, 0.4) is 0 Å². The maximum absolute atomic E-state index is 11.5. The normalized spacial score (nSPS) is 35.6. The largest absolute Gasteiger partial charge is 0.501 e. The second-order valence-corrected chi connectivity index (χ2v) is 6.36. The fourth-order valence-electron chi connectivity index (χ4n) is 2.93. The van der Waals surface area contributed by atoms with Crippen molar-refractivity contribution < 1.29 is 19.7 Å². The quantitative estimate of drug-likeness (QED) is 0.691. The molecule has 3 unspecified atom stereocenters. The van der Waals surface area contributed by atoms with Crippen molar-refractivity contribution in [2.75, 3.05) is 0 Å². The van der Waals surface area contributed by atoms with Crippen LogP contribution in [0.15, 0.2) is 29.0 Å². The number of aliphatic hydroxyl groups is 2. The minimum absolute atomic E-state index is 0.218. The average Bonchev–Trinajstić information content (AvgIpc) is 2.93. The highest BCUT2D eigenvalue weighted by atomic mass is 32.2. The summed E-state index contributed by atoms with van der Waals surface area (Å²) in [6.45, 7) is 2.14. The van der Waals surface area contributed by atoms with Gasteiger partial charge in [-0.25, -0.2) is 4.79 Å². The summed E-state index contributed by atoms with van der Waals surface area (Å²) in [5.41, 5.74) is 0.527. The Bertz CT molecular complexity index is 658. The standard InChI is InChI=1S/C13H12N2O4S/c1-13(18)10-9(8(16)12(17)19-10)20-11-7-6(5-15(11)13)3-2-4-14-7/h2-4,10-11,16,18H,5H2,1H3. The molecule has 20 heavy (non-hydrogen) atoms. The molecular weight excluding hydrogens is 280 g/mol. The number of aliphatic hydroxyl groups excluding tert-OH is 1. The minimum Gasteiger partial charge on any atom is -0.501 e. The van der Waals surface area contributed by atoms with Gasteiger partial charge in [0.05, 0.1) is 10.6 Å². The third-order valence-corrected chi connectivity index (χ3v) is 5.35. The summed E-state index contributed by atoms with van der Waals surface area (Å²) in [7, 11) is 0. The van der Waals surface area contributed by atoms with Crippen LogP contribution in [0.4, 0.5) is 0 Å². The number of rotatable bonds is 0. The van der Waals surface area contributed by atoms with Gasteiger partial charge >= 0.3 is 5.97 Å². The molecule has 104 valence electrons. The number of nitrogens with zero attached hydrogens (tertiary/aromatic N) is 2. The van der Waals surface area contributed by atoms with E-state index in [-0.39, 0.29) is 5.37 Å². The molecular formula is C13H12N2O4S. The Kier molecular flexibility index (Phi) is 2.28. The topological polar surface area (TPSA) is 82.9 Å². The van der Waals surface area contributed by atoms with Gasteiger partial charge < -0.3 is 14.9 Å². The minimum atomic E-state index is -1.37. The van der Waals surface area contributed by atoms with E-state index in [2.05, 4.69) is 4.98 Å². The molecule has 7 heteroatoms. The van der Waals surface area contributed by atoms with Gasteiger partial charge in [-0.2, -0.15) is 0 Å². The van der Waals surface area contributed by atoms with E-state index in [0.29, 0.717) is 11.4 Å². The molecule has 3 atom stereocenters. The summed E-state index contributed by atoms with van der Waals surface area (Å²) in [5.74, 6) is -1.18. The van der Waals surface area contributed by atoms with Crippen LogP contribution in [0.5, 0.6) is 0 Å².